The molecular formula is C13H21NO3S. The molecule has 0 aromatic carbocycles. The van der Waals surface area contributed by atoms with E-state index in [4.69, 9.17) is 4.74 Å². The molecule has 1 unspecified atom stereocenters. The van der Waals surface area contributed by atoms with Crippen molar-refractivity contribution in [3.8, 4) is 0 Å². The van der Waals surface area contributed by atoms with Crippen molar-refractivity contribution in [3.05, 3.63) is 22.4 Å². The van der Waals surface area contributed by atoms with Gasteiger partial charge in [0.2, 0.25) is 0 Å². The van der Waals surface area contributed by atoms with Gasteiger partial charge in [-0.05, 0) is 30.7 Å². The second kappa shape index (κ2) is 6.63. The van der Waals surface area contributed by atoms with Crippen LogP contribution in [0.2, 0.25) is 0 Å². The van der Waals surface area contributed by atoms with Gasteiger partial charge < -0.3 is 20.3 Å². The minimum atomic E-state index is -0.530. The number of rotatable bonds is 8. The Kier molecular flexibility index (Phi) is 5.14. The van der Waals surface area contributed by atoms with Crippen molar-refractivity contribution in [2.75, 3.05) is 19.7 Å². The van der Waals surface area contributed by atoms with E-state index in [2.05, 4.69) is 5.32 Å². The van der Waals surface area contributed by atoms with E-state index in [1.165, 1.54) is 4.88 Å². The maximum Gasteiger partial charge on any atom is 0.0897 e. The first-order valence-electron chi connectivity index (χ1n) is 6.39. The quantitative estimate of drug-likeness (QED) is 0.663. The molecule has 0 spiro atoms. The van der Waals surface area contributed by atoms with Crippen molar-refractivity contribution in [1.29, 1.82) is 0 Å². The van der Waals surface area contributed by atoms with Gasteiger partial charge in [-0.1, -0.05) is 6.07 Å². The zero-order valence-electron chi connectivity index (χ0n) is 10.5. The topological polar surface area (TPSA) is 61.7 Å². The van der Waals surface area contributed by atoms with Crippen molar-refractivity contribution < 1.29 is 14.9 Å². The number of thiophene rings is 1. The van der Waals surface area contributed by atoms with Crippen molar-refractivity contribution >= 4 is 11.3 Å². The van der Waals surface area contributed by atoms with Crippen LogP contribution in [0.4, 0.5) is 0 Å². The summed E-state index contributed by atoms with van der Waals surface area (Å²) in [7, 11) is 0. The molecule has 1 aromatic rings. The van der Waals surface area contributed by atoms with Crippen LogP contribution in [0.15, 0.2) is 17.5 Å². The third-order valence-corrected chi connectivity index (χ3v) is 4.10. The van der Waals surface area contributed by atoms with Gasteiger partial charge in [0.25, 0.3) is 0 Å². The Balaban J connectivity index is 1.51. The molecule has 4 nitrogen and oxygen atoms in total. The molecule has 0 bridgehead atoms. The third-order valence-electron chi connectivity index (χ3n) is 3.25. The monoisotopic (exact) mass is 271 g/mol. The zero-order valence-corrected chi connectivity index (χ0v) is 11.3. The largest absolute Gasteiger partial charge is 0.389 e. The van der Waals surface area contributed by atoms with Crippen LogP contribution in [-0.2, 0) is 11.3 Å². The van der Waals surface area contributed by atoms with Crippen LogP contribution in [-0.4, -0.2) is 41.6 Å². The van der Waals surface area contributed by atoms with Gasteiger partial charge in [-0.15, -0.1) is 11.3 Å². The fourth-order valence-corrected chi connectivity index (χ4v) is 2.62. The van der Waals surface area contributed by atoms with Gasteiger partial charge in [-0.3, -0.25) is 0 Å². The molecule has 0 amide bonds. The van der Waals surface area contributed by atoms with Gasteiger partial charge in [-0.25, -0.2) is 0 Å². The first-order valence-corrected chi connectivity index (χ1v) is 7.27. The number of hydrogen-bond acceptors (Lipinski definition) is 5. The van der Waals surface area contributed by atoms with E-state index in [1.54, 1.807) is 11.3 Å². The predicted molar refractivity (Wildman–Crippen MR) is 71.7 cm³/mol. The molecule has 102 valence electrons. The lowest BCUT2D eigenvalue weighted by Gasteiger charge is -2.36. The van der Waals surface area contributed by atoms with Gasteiger partial charge in [0.05, 0.1) is 24.9 Å². The molecule has 1 fully saturated rings. The van der Waals surface area contributed by atoms with Gasteiger partial charge in [0, 0.05) is 18.0 Å². The Hall–Kier alpha value is -0.460. The van der Waals surface area contributed by atoms with Gasteiger partial charge in [0.1, 0.15) is 0 Å². The van der Waals surface area contributed by atoms with E-state index in [0.29, 0.717) is 26.3 Å². The number of aliphatic hydroxyl groups is 2. The molecule has 0 saturated heterocycles. The van der Waals surface area contributed by atoms with E-state index in [1.807, 2.05) is 17.5 Å². The van der Waals surface area contributed by atoms with Gasteiger partial charge >= 0.3 is 0 Å². The molecule has 1 aromatic heterocycles. The summed E-state index contributed by atoms with van der Waals surface area (Å²) in [4.78, 5) is 1.17. The minimum Gasteiger partial charge on any atom is -0.389 e. The second-order valence-electron chi connectivity index (χ2n) is 4.96. The van der Waals surface area contributed by atoms with Crippen molar-refractivity contribution in [3.63, 3.8) is 0 Å². The molecule has 5 heteroatoms. The molecule has 1 saturated carbocycles. The standard InChI is InChI=1S/C13H21NO3S/c15-11(7-14-10-13(16)4-2-5-13)8-17-9-12-3-1-6-18-12/h1,3,6,11,14-16H,2,4-5,7-10H2. The second-order valence-corrected chi connectivity index (χ2v) is 5.99. The van der Waals surface area contributed by atoms with Crippen LogP contribution in [0.5, 0.6) is 0 Å². The fourth-order valence-electron chi connectivity index (χ4n) is 1.98. The molecule has 0 radical (unpaired) electrons. The Bertz CT molecular complexity index is 338. The summed E-state index contributed by atoms with van der Waals surface area (Å²) in [6.07, 6.45) is 2.31. The summed E-state index contributed by atoms with van der Waals surface area (Å²) in [5, 5.41) is 24.7. The number of nitrogens with one attached hydrogen (secondary N) is 1. The first kappa shape index (κ1) is 14.0. The Labute approximate surface area is 112 Å². The van der Waals surface area contributed by atoms with Gasteiger partial charge in [0.15, 0.2) is 0 Å². The van der Waals surface area contributed by atoms with E-state index >= 15 is 0 Å². The highest BCUT2D eigenvalue weighted by Gasteiger charge is 2.33. The van der Waals surface area contributed by atoms with Crippen LogP contribution in [0.25, 0.3) is 0 Å². The highest BCUT2D eigenvalue weighted by molar-refractivity contribution is 7.09. The van der Waals surface area contributed by atoms with E-state index < -0.39 is 11.7 Å². The molecule has 2 rings (SSSR count). The summed E-state index contributed by atoms with van der Waals surface area (Å²) in [6, 6.07) is 4.00. The zero-order chi connectivity index (χ0) is 12.8. The predicted octanol–water partition coefficient (Wildman–Crippen LogP) is 1.13. The van der Waals surface area contributed by atoms with E-state index in [0.717, 1.165) is 19.3 Å². The molecule has 0 aliphatic heterocycles. The number of ether oxygens (including phenoxy) is 1. The average molecular weight is 271 g/mol. The lowest BCUT2D eigenvalue weighted by atomic mass is 9.80. The van der Waals surface area contributed by atoms with Crippen LogP contribution in [0.3, 0.4) is 0 Å². The first-order chi connectivity index (χ1) is 8.68. The third kappa shape index (κ3) is 4.33. The van der Waals surface area contributed by atoms with E-state index in [9.17, 15) is 10.2 Å². The Morgan fingerprint density at radius 1 is 1.50 bits per heavy atom. The highest BCUT2D eigenvalue weighted by atomic mass is 32.1. The maximum absolute atomic E-state index is 9.85. The SMILES string of the molecule is OC(CNCC1(O)CCC1)COCc1cccs1. The van der Waals surface area contributed by atoms with Gasteiger partial charge in [-0.2, -0.15) is 0 Å². The number of aliphatic hydroxyl groups excluding tert-OH is 1. The van der Waals surface area contributed by atoms with E-state index in [-0.39, 0.29) is 0 Å². The Morgan fingerprint density at radius 2 is 2.33 bits per heavy atom. The lowest BCUT2D eigenvalue weighted by Crippen LogP contribution is -2.48. The molecule has 3 N–H and O–H groups in total. The summed E-state index contributed by atoms with van der Waals surface area (Å²) < 4.78 is 5.42. The minimum absolute atomic E-state index is 0.323. The Morgan fingerprint density at radius 3 is 2.94 bits per heavy atom. The molecular weight excluding hydrogens is 250 g/mol. The maximum atomic E-state index is 9.85. The molecule has 1 aliphatic rings. The number of hydrogen-bond donors (Lipinski definition) is 3. The molecule has 1 heterocycles. The van der Waals surface area contributed by atoms with Crippen LogP contribution >= 0.6 is 11.3 Å². The summed E-state index contributed by atoms with van der Waals surface area (Å²) in [6.45, 7) is 1.91. The molecule has 1 aliphatic carbocycles. The van der Waals surface area contributed by atoms with Crippen LogP contribution in [0.1, 0.15) is 24.1 Å². The van der Waals surface area contributed by atoms with Crippen molar-refractivity contribution in [2.24, 2.45) is 0 Å². The van der Waals surface area contributed by atoms with Crippen molar-refractivity contribution in [1.82, 2.24) is 5.32 Å². The van der Waals surface area contributed by atoms with Crippen LogP contribution < -0.4 is 5.32 Å². The molecule has 1 atom stereocenters. The fraction of sp³-hybridized carbons (Fsp3) is 0.692. The smallest absolute Gasteiger partial charge is 0.0897 e. The highest BCUT2D eigenvalue weighted by Crippen LogP contribution is 2.30. The lowest BCUT2D eigenvalue weighted by molar-refractivity contribution is -0.0352. The summed E-state index contributed by atoms with van der Waals surface area (Å²) >= 11 is 1.65. The normalized spacial score (nSPS) is 19.4. The average Bonchev–Trinajstić information content (AvgIpc) is 2.80. The summed E-state index contributed by atoms with van der Waals surface area (Å²) in [5.74, 6) is 0. The van der Waals surface area contributed by atoms with Crippen molar-refractivity contribution in [2.45, 2.75) is 37.6 Å². The van der Waals surface area contributed by atoms with Crippen LogP contribution in [0, 0.1) is 0 Å². The summed E-state index contributed by atoms with van der Waals surface area (Å²) in [5.41, 5.74) is -0.530. The molecule has 18 heavy (non-hydrogen) atoms.